The van der Waals surface area contributed by atoms with Gasteiger partial charge in [-0.2, -0.15) is 0 Å². The number of carbonyl (C=O) groups is 1. The SMILES string of the molecule is Cc1ccc(-c2cc(C(N)=O)c(C)n2C(C)C)c(C)c1. The molecule has 106 valence electrons. The van der Waals surface area contributed by atoms with E-state index in [0.717, 1.165) is 17.0 Å². The van der Waals surface area contributed by atoms with Crippen molar-refractivity contribution in [2.24, 2.45) is 5.73 Å². The summed E-state index contributed by atoms with van der Waals surface area (Å²) >= 11 is 0. The first-order chi connectivity index (χ1) is 9.32. The number of amides is 1. The van der Waals surface area contributed by atoms with E-state index in [9.17, 15) is 4.79 Å². The number of carbonyl (C=O) groups excluding carboxylic acids is 1. The highest BCUT2D eigenvalue weighted by atomic mass is 16.1. The molecule has 2 aromatic rings. The summed E-state index contributed by atoms with van der Waals surface area (Å²) in [6.45, 7) is 10.4. The fourth-order valence-electron chi connectivity index (χ4n) is 2.84. The lowest BCUT2D eigenvalue weighted by Gasteiger charge is -2.17. The summed E-state index contributed by atoms with van der Waals surface area (Å²) < 4.78 is 2.18. The maximum absolute atomic E-state index is 11.6. The van der Waals surface area contributed by atoms with E-state index in [1.54, 1.807) is 0 Å². The van der Waals surface area contributed by atoms with Crippen LogP contribution in [0.15, 0.2) is 24.3 Å². The molecule has 1 aromatic carbocycles. The molecule has 0 saturated heterocycles. The molecule has 0 atom stereocenters. The molecule has 0 aliphatic carbocycles. The van der Waals surface area contributed by atoms with E-state index in [-0.39, 0.29) is 11.9 Å². The van der Waals surface area contributed by atoms with Gasteiger partial charge in [0.15, 0.2) is 0 Å². The van der Waals surface area contributed by atoms with Crippen molar-refractivity contribution in [1.82, 2.24) is 4.57 Å². The minimum absolute atomic E-state index is 0.277. The smallest absolute Gasteiger partial charge is 0.250 e. The standard InChI is InChI=1S/C17H22N2O/c1-10(2)19-13(5)15(17(18)20)9-16(19)14-7-6-11(3)8-12(14)4/h6-10H,1-5H3,(H2,18,20). The van der Waals surface area contributed by atoms with Crippen LogP contribution in [0.4, 0.5) is 0 Å². The van der Waals surface area contributed by atoms with Gasteiger partial charge in [0.05, 0.1) is 5.56 Å². The number of nitrogens with zero attached hydrogens (tertiary/aromatic N) is 1. The van der Waals surface area contributed by atoms with Crippen molar-refractivity contribution in [3.05, 3.63) is 46.6 Å². The van der Waals surface area contributed by atoms with Crippen molar-refractivity contribution in [2.75, 3.05) is 0 Å². The summed E-state index contributed by atoms with van der Waals surface area (Å²) in [5.74, 6) is -0.368. The molecular weight excluding hydrogens is 248 g/mol. The molecule has 0 fully saturated rings. The van der Waals surface area contributed by atoms with Gasteiger partial charge in [0.25, 0.3) is 5.91 Å². The predicted molar refractivity (Wildman–Crippen MR) is 83.0 cm³/mol. The van der Waals surface area contributed by atoms with E-state index in [4.69, 9.17) is 5.73 Å². The highest BCUT2D eigenvalue weighted by Gasteiger charge is 2.19. The summed E-state index contributed by atoms with van der Waals surface area (Å²) in [7, 11) is 0. The Kier molecular flexibility index (Phi) is 3.71. The Morgan fingerprint density at radius 2 is 1.80 bits per heavy atom. The molecule has 0 radical (unpaired) electrons. The van der Waals surface area contributed by atoms with E-state index < -0.39 is 0 Å². The Morgan fingerprint density at radius 1 is 1.15 bits per heavy atom. The highest BCUT2D eigenvalue weighted by molar-refractivity contribution is 5.95. The third-order valence-electron chi connectivity index (χ3n) is 3.73. The van der Waals surface area contributed by atoms with Crippen LogP contribution in [0.5, 0.6) is 0 Å². The molecule has 2 N–H and O–H groups in total. The first-order valence-electron chi connectivity index (χ1n) is 6.92. The molecule has 0 aliphatic rings. The van der Waals surface area contributed by atoms with E-state index in [1.807, 2.05) is 13.0 Å². The van der Waals surface area contributed by atoms with Crippen molar-refractivity contribution in [3.63, 3.8) is 0 Å². The largest absolute Gasteiger partial charge is 0.366 e. The van der Waals surface area contributed by atoms with Crippen LogP contribution in [0, 0.1) is 20.8 Å². The summed E-state index contributed by atoms with van der Waals surface area (Å²) in [6.07, 6.45) is 0. The number of aryl methyl sites for hydroxylation is 2. The van der Waals surface area contributed by atoms with Gasteiger partial charge in [0.1, 0.15) is 0 Å². The maximum atomic E-state index is 11.6. The maximum Gasteiger partial charge on any atom is 0.250 e. The Morgan fingerprint density at radius 3 is 2.30 bits per heavy atom. The molecule has 0 bridgehead atoms. The van der Waals surface area contributed by atoms with Crippen molar-refractivity contribution in [2.45, 2.75) is 40.7 Å². The van der Waals surface area contributed by atoms with Crippen molar-refractivity contribution < 1.29 is 4.79 Å². The van der Waals surface area contributed by atoms with Crippen LogP contribution in [0.3, 0.4) is 0 Å². The Hall–Kier alpha value is -2.03. The van der Waals surface area contributed by atoms with Gasteiger partial charge < -0.3 is 10.3 Å². The molecule has 0 spiro atoms. The molecule has 0 unspecified atom stereocenters. The molecule has 1 aromatic heterocycles. The first-order valence-corrected chi connectivity index (χ1v) is 6.92. The average Bonchev–Trinajstić information content (AvgIpc) is 2.66. The van der Waals surface area contributed by atoms with Gasteiger partial charge in [-0.15, -0.1) is 0 Å². The first kappa shape index (κ1) is 14.4. The Bertz CT molecular complexity index is 666. The topological polar surface area (TPSA) is 48.0 Å². The minimum atomic E-state index is -0.368. The number of hydrogen-bond acceptors (Lipinski definition) is 1. The van der Waals surface area contributed by atoms with Gasteiger partial charge in [-0.3, -0.25) is 4.79 Å². The van der Waals surface area contributed by atoms with Crippen LogP contribution in [0.25, 0.3) is 11.3 Å². The zero-order valence-corrected chi connectivity index (χ0v) is 12.8. The van der Waals surface area contributed by atoms with Gasteiger partial charge >= 0.3 is 0 Å². The third-order valence-corrected chi connectivity index (χ3v) is 3.73. The summed E-state index contributed by atoms with van der Waals surface area (Å²) in [5.41, 5.74) is 11.7. The number of hydrogen-bond donors (Lipinski definition) is 1. The number of benzene rings is 1. The lowest BCUT2D eigenvalue weighted by Crippen LogP contribution is -2.13. The molecule has 3 heteroatoms. The van der Waals surface area contributed by atoms with E-state index >= 15 is 0 Å². The normalized spacial score (nSPS) is 11.1. The van der Waals surface area contributed by atoms with Crippen molar-refractivity contribution >= 4 is 5.91 Å². The van der Waals surface area contributed by atoms with Gasteiger partial charge in [-0.25, -0.2) is 0 Å². The second-order valence-corrected chi connectivity index (χ2v) is 5.68. The molecule has 0 aliphatic heterocycles. The summed E-state index contributed by atoms with van der Waals surface area (Å²) in [5, 5.41) is 0. The number of aromatic nitrogens is 1. The van der Waals surface area contributed by atoms with Crippen LogP contribution in [0.1, 0.15) is 47.1 Å². The molecule has 3 nitrogen and oxygen atoms in total. The van der Waals surface area contributed by atoms with Crippen LogP contribution in [-0.4, -0.2) is 10.5 Å². The molecule has 20 heavy (non-hydrogen) atoms. The van der Waals surface area contributed by atoms with Gasteiger partial charge in [-0.05, 0) is 46.2 Å². The molecule has 1 amide bonds. The number of nitrogens with two attached hydrogens (primary N) is 1. The fourth-order valence-corrected chi connectivity index (χ4v) is 2.84. The summed E-state index contributed by atoms with van der Waals surface area (Å²) in [4.78, 5) is 11.6. The second kappa shape index (κ2) is 5.16. The van der Waals surface area contributed by atoms with Crippen LogP contribution < -0.4 is 5.73 Å². The van der Waals surface area contributed by atoms with E-state index in [0.29, 0.717) is 5.56 Å². The molecule has 0 saturated carbocycles. The van der Waals surface area contributed by atoms with E-state index in [1.165, 1.54) is 11.1 Å². The quantitative estimate of drug-likeness (QED) is 0.907. The van der Waals surface area contributed by atoms with Gasteiger partial charge in [0, 0.05) is 23.0 Å². The predicted octanol–water partition coefficient (Wildman–Crippen LogP) is 3.76. The van der Waals surface area contributed by atoms with Crippen molar-refractivity contribution in [3.8, 4) is 11.3 Å². The average molecular weight is 270 g/mol. The fraction of sp³-hybridized carbons (Fsp3) is 0.353. The van der Waals surface area contributed by atoms with Crippen LogP contribution >= 0.6 is 0 Å². The summed E-state index contributed by atoms with van der Waals surface area (Å²) in [6, 6.07) is 8.56. The number of rotatable bonds is 3. The zero-order chi connectivity index (χ0) is 15.0. The van der Waals surface area contributed by atoms with E-state index in [2.05, 4.69) is 50.5 Å². The van der Waals surface area contributed by atoms with Crippen molar-refractivity contribution in [1.29, 1.82) is 0 Å². The highest BCUT2D eigenvalue weighted by Crippen LogP contribution is 2.31. The van der Waals surface area contributed by atoms with Gasteiger partial charge in [0.2, 0.25) is 0 Å². The zero-order valence-electron chi connectivity index (χ0n) is 12.8. The Balaban J connectivity index is 2.73. The molecule has 1 heterocycles. The number of primary amides is 1. The van der Waals surface area contributed by atoms with Crippen LogP contribution in [0.2, 0.25) is 0 Å². The van der Waals surface area contributed by atoms with Gasteiger partial charge in [-0.1, -0.05) is 23.8 Å². The second-order valence-electron chi connectivity index (χ2n) is 5.68. The Labute approximate surface area is 120 Å². The van der Waals surface area contributed by atoms with Crippen LogP contribution in [-0.2, 0) is 0 Å². The molecule has 2 rings (SSSR count). The monoisotopic (exact) mass is 270 g/mol. The lowest BCUT2D eigenvalue weighted by atomic mass is 10.0. The lowest BCUT2D eigenvalue weighted by molar-refractivity contribution is 0.0999. The third kappa shape index (κ3) is 2.36. The minimum Gasteiger partial charge on any atom is -0.366 e. The molecular formula is C17H22N2O.